The Labute approximate surface area is 236 Å². The second kappa shape index (κ2) is 12.5. The Hall–Kier alpha value is -2.96. The number of hydrogen-bond acceptors (Lipinski definition) is 7. The molecule has 0 aromatic carbocycles. The van der Waals surface area contributed by atoms with Gasteiger partial charge in [-0.15, -0.1) is 11.3 Å². The number of carbonyl (C=O) groups excluding carboxylic acids is 1. The van der Waals surface area contributed by atoms with Gasteiger partial charge < -0.3 is 10.0 Å². The second-order valence-corrected chi connectivity index (χ2v) is 13.1. The molecule has 0 bridgehead atoms. The van der Waals surface area contributed by atoms with Crippen LogP contribution in [0.15, 0.2) is 24.7 Å². The summed E-state index contributed by atoms with van der Waals surface area (Å²) in [5, 5.41) is 12.0. The number of thiophene rings is 1. The molecule has 1 amide bonds. The fourth-order valence-electron chi connectivity index (χ4n) is 5.49. The summed E-state index contributed by atoms with van der Waals surface area (Å²) in [6.07, 6.45) is 12.1. The van der Waals surface area contributed by atoms with Gasteiger partial charge in [0.15, 0.2) is 5.82 Å². The van der Waals surface area contributed by atoms with Crippen molar-refractivity contribution < 1.29 is 14.7 Å². The topological polar surface area (TPSA) is 98.7 Å². The van der Waals surface area contributed by atoms with Crippen LogP contribution < -0.4 is 15.3 Å². The molecule has 4 rings (SSSR count). The van der Waals surface area contributed by atoms with Gasteiger partial charge in [-0.1, -0.05) is 18.8 Å². The summed E-state index contributed by atoms with van der Waals surface area (Å²) in [5.41, 5.74) is 3.83. The SMILES string of the molecule is CC1CCC(C(=O)N(c2cc(C#CC(C)(C)C)sc2C(=O)O)[C@H]2CC[C@H](NN(C)c3cnccn3)CC2)CC1. The number of nitrogens with zero attached hydrogens (tertiary/aromatic N) is 4. The third-order valence-corrected chi connectivity index (χ3v) is 8.69. The molecule has 8 nitrogen and oxygen atoms in total. The Bertz CT molecular complexity index is 1200. The first kappa shape index (κ1) is 29.0. The fourth-order valence-corrected chi connectivity index (χ4v) is 6.33. The summed E-state index contributed by atoms with van der Waals surface area (Å²) in [4.78, 5) is 37.7. The van der Waals surface area contributed by atoms with E-state index in [1.807, 2.05) is 43.8 Å². The van der Waals surface area contributed by atoms with Gasteiger partial charge >= 0.3 is 5.97 Å². The number of aromatic nitrogens is 2. The molecule has 0 unspecified atom stereocenters. The molecule has 2 N–H and O–H groups in total. The van der Waals surface area contributed by atoms with Crippen molar-refractivity contribution in [2.75, 3.05) is 17.0 Å². The molecular formula is C30H41N5O3S. The van der Waals surface area contributed by atoms with Crippen LogP contribution in [0.5, 0.6) is 0 Å². The van der Waals surface area contributed by atoms with E-state index in [0.29, 0.717) is 16.5 Å². The molecule has 39 heavy (non-hydrogen) atoms. The van der Waals surface area contributed by atoms with Crippen molar-refractivity contribution in [1.29, 1.82) is 0 Å². The molecule has 2 saturated carbocycles. The maximum atomic E-state index is 14.1. The molecule has 2 fully saturated rings. The van der Waals surface area contributed by atoms with Crippen LogP contribution in [0.25, 0.3) is 0 Å². The van der Waals surface area contributed by atoms with Gasteiger partial charge in [-0.2, -0.15) is 0 Å². The first-order chi connectivity index (χ1) is 18.5. The lowest BCUT2D eigenvalue weighted by Crippen LogP contribution is -2.50. The van der Waals surface area contributed by atoms with Gasteiger partial charge in [-0.3, -0.25) is 14.8 Å². The first-order valence-corrected chi connectivity index (χ1v) is 14.8. The predicted molar refractivity (Wildman–Crippen MR) is 156 cm³/mol. The number of carbonyl (C=O) groups is 2. The third kappa shape index (κ3) is 7.58. The van der Waals surface area contributed by atoms with E-state index in [1.165, 1.54) is 11.3 Å². The van der Waals surface area contributed by atoms with Crippen molar-refractivity contribution in [2.45, 2.75) is 91.1 Å². The summed E-state index contributed by atoms with van der Waals surface area (Å²) in [5.74, 6) is 6.76. The van der Waals surface area contributed by atoms with Crippen LogP contribution in [-0.2, 0) is 4.79 Å². The van der Waals surface area contributed by atoms with E-state index in [0.717, 1.165) is 57.2 Å². The van der Waals surface area contributed by atoms with Gasteiger partial charge in [-0.05, 0) is 84.1 Å². The zero-order valence-electron chi connectivity index (χ0n) is 23.7. The number of aromatic carboxylic acids is 1. The lowest BCUT2D eigenvalue weighted by Gasteiger charge is -2.40. The third-order valence-electron chi connectivity index (χ3n) is 7.66. The monoisotopic (exact) mass is 551 g/mol. The molecule has 0 spiro atoms. The normalized spacial score (nSPS) is 23.4. The standard InChI is InChI=1S/C30H41N5O3S/c1-20-6-8-21(9-7-20)28(36)35(25-18-24(14-15-30(2,3)4)39-27(25)29(37)38)23-12-10-22(11-13-23)33-34(5)26-19-31-16-17-32-26/h16-23,33H,6-13H2,1-5H3,(H,37,38)/t20?,21?,22-,23-. The van der Waals surface area contributed by atoms with Crippen molar-refractivity contribution >= 4 is 34.7 Å². The van der Waals surface area contributed by atoms with Gasteiger partial charge in [0.25, 0.3) is 0 Å². The van der Waals surface area contributed by atoms with Crippen LogP contribution in [0.3, 0.4) is 0 Å². The maximum Gasteiger partial charge on any atom is 0.348 e. The van der Waals surface area contributed by atoms with Gasteiger partial charge in [-0.25, -0.2) is 15.2 Å². The quantitative estimate of drug-likeness (QED) is 0.334. The molecule has 0 saturated heterocycles. The summed E-state index contributed by atoms with van der Waals surface area (Å²) in [6.45, 7) is 8.33. The van der Waals surface area contributed by atoms with Crippen molar-refractivity contribution in [3.05, 3.63) is 34.4 Å². The number of nitrogens with one attached hydrogen (secondary N) is 1. The van der Waals surface area contributed by atoms with Gasteiger partial charge in [0.2, 0.25) is 5.91 Å². The number of carboxylic acid groups (broad SMARTS) is 1. The van der Waals surface area contributed by atoms with Gasteiger partial charge in [0.1, 0.15) is 4.88 Å². The molecule has 0 atom stereocenters. The van der Waals surface area contributed by atoms with E-state index < -0.39 is 5.97 Å². The van der Waals surface area contributed by atoms with Crippen molar-refractivity contribution in [1.82, 2.24) is 15.4 Å². The Morgan fingerprint density at radius 3 is 2.36 bits per heavy atom. The molecule has 2 aliphatic carbocycles. The second-order valence-electron chi connectivity index (χ2n) is 12.1. The lowest BCUT2D eigenvalue weighted by atomic mass is 9.81. The van der Waals surface area contributed by atoms with Crippen LogP contribution in [0, 0.1) is 29.1 Å². The van der Waals surface area contributed by atoms with Crippen molar-refractivity contribution in [3.8, 4) is 11.8 Å². The van der Waals surface area contributed by atoms with Crippen LogP contribution in [-0.4, -0.2) is 46.1 Å². The van der Waals surface area contributed by atoms with E-state index in [2.05, 4.69) is 34.2 Å². The highest BCUT2D eigenvalue weighted by Gasteiger charge is 2.37. The van der Waals surface area contributed by atoms with E-state index in [1.54, 1.807) is 18.6 Å². The summed E-state index contributed by atoms with van der Waals surface area (Å²) < 4.78 is 0. The molecule has 0 aliphatic heterocycles. The molecule has 210 valence electrons. The molecule has 2 aliphatic rings. The van der Waals surface area contributed by atoms with Crippen LogP contribution >= 0.6 is 11.3 Å². The number of carboxylic acids is 1. The zero-order chi connectivity index (χ0) is 28.2. The smallest absolute Gasteiger partial charge is 0.348 e. The Morgan fingerprint density at radius 1 is 1.08 bits per heavy atom. The van der Waals surface area contributed by atoms with E-state index in [4.69, 9.17) is 0 Å². The Kier molecular flexibility index (Phi) is 9.29. The Balaban J connectivity index is 1.58. The largest absolute Gasteiger partial charge is 0.477 e. The molecule has 2 aromatic heterocycles. The molecule has 2 heterocycles. The first-order valence-electron chi connectivity index (χ1n) is 14.0. The van der Waals surface area contributed by atoms with Gasteiger partial charge in [0, 0.05) is 42.9 Å². The molecular weight excluding hydrogens is 510 g/mol. The summed E-state index contributed by atoms with van der Waals surface area (Å²) in [7, 11) is 1.93. The highest BCUT2D eigenvalue weighted by molar-refractivity contribution is 7.15. The van der Waals surface area contributed by atoms with Gasteiger partial charge in [0.05, 0.1) is 16.8 Å². The minimum atomic E-state index is -1.00. The molecule has 9 heteroatoms. The number of amides is 1. The maximum absolute atomic E-state index is 14.1. The van der Waals surface area contributed by atoms with Crippen molar-refractivity contribution in [3.63, 3.8) is 0 Å². The average Bonchev–Trinajstić information content (AvgIpc) is 3.33. The minimum absolute atomic E-state index is 0.0483. The lowest BCUT2D eigenvalue weighted by molar-refractivity contribution is -0.124. The number of hydrazine groups is 1. The van der Waals surface area contributed by atoms with Crippen LogP contribution in [0.2, 0.25) is 0 Å². The van der Waals surface area contributed by atoms with Crippen LogP contribution in [0.4, 0.5) is 11.5 Å². The number of anilines is 2. The average molecular weight is 552 g/mol. The fraction of sp³-hybridized carbons (Fsp3) is 0.600. The van der Waals surface area contributed by atoms with E-state index in [9.17, 15) is 14.7 Å². The zero-order valence-corrected chi connectivity index (χ0v) is 24.6. The summed E-state index contributed by atoms with van der Waals surface area (Å²) in [6, 6.07) is 2.02. The van der Waals surface area contributed by atoms with Crippen molar-refractivity contribution in [2.24, 2.45) is 17.3 Å². The van der Waals surface area contributed by atoms with E-state index in [-0.39, 0.29) is 34.2 Å². The van der Waals surface area contributed by atoms with Crippen LogP contribution in [0.1, 0.15) is 93.6 Å². The number of rotatable bonds is 7. The predicted octanol–water partition coefficient (Wildman–Crippen LogP) is 5.75. The Morgan fingerprint density at radius 2 is 1.77 bits per heavy atom. The number of hydrogen-bond donors (Lipinski definition) is 2. The summed E-state index contributed by atoms with van der Waals surface area (Å²) >= 11 is 1.17. The molecule has 0 radical (unpaired) electrons. The van der Waals surface area contributed by atoms with E-state index >= 15 is 0 Å². The highest BCUT2D eigenvalue weighted by atomic mass is 32.1. The highest BCUT2D eigenvalue weighted by Crippen LogP contribution is 2.39. The minimum Gasteiger partial charge on any atom is -0.477 e. The molecule has 2 aromatic rings.